The minimum atomic E-state index is 0.0549. The quantitative estimate of drug-likeness (QED) is 0.790. The zero-order chi connectivity index (χ0) is 14.7. The molecule has 1 aliphatic heterocycles. The molecule has 0 radical (unpaired) electrons. The van der Waals surface area contributed by atoms with Gasteiger partial charge in [0, 0.05) is 25.9 Å². The maximum absolute atomic E-state index is 12.4. The molecular weight excluding hydrogens is 254 g/mol. The van der Waals surface area contributed by atoms with E-state index < -0.39 is 0 Å². The van der Waals surface area contributed by atoms with Crippen LogP contribution in [0, 0.1) is 13.8 Å². The zero-order valence-electron chi connectivity index (χ0n) is 12.4. The van der Waals surface area contributed by atoms with Gasteiger partial charge in [0.15, 0.2) is 5.78 Å². The van der Waals surface area contributed by atoms with Gasteiger partial charge in [0.25, 0.3) is 0 Å². The number of likely N-dealkylation sites (tertiary alicyclic amines) is 1. The maximum Gasteiger partial charge on any atom is 0.180 e. The molecule has 1 fully saturated rings. The predicted molar refractivity (Wildman–Crippen MR) is 77.5 cm³/mol. The van der Waals surface area contributed by atoms with E-state index in [-0.39, 0.29) is 11.6 Å². The van der Waals surface area contributed by atoms with Crippen LogP contribution in [0.4, 0.5) is 0 Å². The highest BCUT2D eigenvalue weighted by Crippen LogP contribution is 2.24. The Morgan fingerprint density at radius 1 is 1.20 bits per heavy atom. The fraction of sp³-hybridized carbons (Fsp3) is 0.500. The van der Waals surface area contributed by atoms with Gasteiger partial charge in [-0.15, -0.1) is 0 Å². The largest absolute Gasteiger partial charge is 0.496 e. The Kier molecular flexibility index (Phi) is 4.55. The van der Waals surface area contributed by atoms with Gasteiger partial charge in [0.2, 0.25) is 0 Å². The molecule has 20 heavy (non-hydrogen) atoms. The Morgan fingerprint density at radius 3 is 2.40 bits per heavy atom. The number of carbonyl (C=O) groups is 2. The molecule has 1 aromatic carbocycles. The smallest absolute Gasteiger partial charge is 0.180 e. The number of hydrogen-bond donors (Lipinski definition) is 0. The highest BCUT2D eigenvalue weighted by molar-refractivity contribution is 6.00. The van der Waals surface area contributed by atoms with E-state index in [9.17, 15) is 9.59 Å². The number of nitrogens with zero attached hydrogens (tertiary/aromatic N) is 1. The second-order valence-electron chi connectivity index (χ2n) is 5.37. The number of aryl methyl sites for hydroxylation is 2. The lowest BCUT2D eigenvalue weighted by atomic mass is 10.0. The van der Waals surface area contributed by atoms with Gasteiger partial charge in [-0.2, -0.15) is 0 Å². The SMILES string of the molecule is COc1cc(C)c(C)cc1C(=O)CN1CCC(=O)CC1. The topological polar surface area (TPSA) is 46.6 Å². The third-order valence-electron chi connectivity index (χ3n) is 3.90. The molecule has 2 rings (SSSR count). The van der Waals surface area contributed by atoms with Crippen LogP contribution in [0.3, 0.4) is 0 Å². The van der Waals surface area contributed by atoms with Crippen molar-refractivity contribution in [1.29, 1.82) is 0 Å². The van der Waals surface area contributed by atoms with Crippen LogP contribution in [0.15, 0.2) is 12.1 Å². The number of hydrogen-bond acceptors (Lipinski definition) is 4. The number of rotatable bonds is 4. The van der Waals surface area contributed by atoms with Crippen LogP contribution in [-0.4, -0.2) is 43.2 Å². The Morgan fingerprint density at radius 2 is 1.80 bits per heavy atom. The standard InChI is InChI=1S/C16H21NO3/c1-11-8-14(16(20-3)9-12(11)2)15(19)10-17-6-4-13(18)5-7-17/h8-9H,4-7,10H2,1-3H3. The average molecular weight is 275 g/mol. The van der Waals surface area contributed by atoms with Gasteiger partial charge in [-0.25, -0.2) is 0 Å². The normalized spacial score (nSPS) is 16.2. The van der Waals surface area contributed by atoms with E-state index in [2.05, 4.69) is 0 Å². The number of methoxy groups -OCH3 is 1. The van der Waals surface area contributed by atoms with E-state index in [1.165, 1.54) is 0 Å². The van der Waals surface area contributed by atoms with E-state index >= 15 is 0 Å². The zero-order valence-corrected chi connectivity index (χ0v) is 12.4. The molecule has 0 saturated carbocycles. The van der Waals surface area contributed by atoms with Gasteiger partial charge in [-0.05, 0) is 37.1 Å². The Bertz CT molecular complexity index is 527. The van der Waals surface area contributed by atoms with Crippen molar-refractivity contribution in [1.82, 2.24) is 4.90 Å². The number of ether oxygens (including phenoxy) is 1. The molecule has 1 aromatic rings. The third kappa shape index (κ3) is 3.25. The highest BCUT2D eigenvalue weighted by Gasteiger charge is 2.21. The van der Waals surface area contributed by atoms with Crippen molar-refractivity contribution in [2.24, 2.45) is 0 Å². The molecular formula is C16H21NO3. The molecule has 0 amide bonds. The minimum absolute atomic E-state index is 0.0549. The van der Waals surface area contributed by atoms with Crippen LogP contribution in [0.2, 0.25) is 0 Å². The van der Waals surface area contributed by atoms with Crippen LogP contribution in [0.1, 0.15) is 34.3 Å². The first kappa shape index (κ1) is 14.7. The molecule has 0 unspecified atom stereocenters. The van der Waals surface area contributed by atoms with Crippen molar-refractivity contribution < 1.29 is 14.3 Å². The summed E-state index contributed by atoms with van der Waals surface area (Å²) in [4.78, 5) is 25.7. The fourth-order valence-electron chi connectivity index (χ4n) is 2.43. The predicted octanol–water partition coefficient (Wildman–Crippen LogP) is 2.16. The van der Waals surface area contributed by atoms with Crippen molar-refractivity contribution in [3.8, 4) is 5.75 Å². The second kappa shape index (κ2) is 6.18. The molecule has 1 saturated heterocycles. The van der Waals surface area contributed by atoms with Crippen molar-refractivity contribution in [3.05, 3.63) is 28.8 Å². The van der Waals surface area contributed by atoms with E-state index in [0.717, 1.165) is 11.1 Å². The van der Waals surface area contributed by atoms with Crippen molar-refractivity contribution >= 4 is 11.6 Å². The lowest BCUT2D eigenvalue weighted by molar-refractivity contribution is -0.121. The second-order valence-corrected chi connectivity index (χ2v) is 5.37. The van der Waals surface area contributed by atoms with Gasteiger partial charge in [0.05, 0.1) is 19.2 Å². The summed E-state index contributed by atoms with van der Waals surface area (Å²) in [5, 5.41) is 0. The van der Waals surface area contributed by atoms with Crippen LogP contribution >= 0.6 is 0 Å². The molecule has 1 aliphatic rings. The van der Waals surface area contributed by atoms with Crippen LogP contribution < -0.4 is 4.74 Å². The fourth-order valence-corrected chi connectivity index (χ4v) is 2.43. The Labute approximate surface area is 119 Å². The van der Waals surface area contributed by atoms with Crippen LogP contribution in [-0.2, 0) is 4.79 Å². The molecule has 0 bridgehead atoms. The summed E-state index contributed by atoms with van der Waals surface area (Å²) in [6, 6.07) is 3.80. The van der Waals surface area contributed by atoms with Gasteiger partial charge >= 0.3 is 0 Å². The molecule has 4 nitrogen and oxygen atoms in total. The maximum atomic E-state index is 12.4. The molecule has 0 atom stereocenters. The van der Waals surface area contributed by atoms with Crippen LogP contribution in [0.5, 0.6) is 5.75 Å². The number of piperidine rings is 1. The van der Waals surface area contributed by atoms with Gasteiger partial charge in [0.1, 0.15) is 11.5 Å². The lowest BCUT2D eigenvalue weighted by Crippen LogP contribution is -2.37. The molecule has 1 heterocycles. The summed E-state index contributed by atoms with van der Waals surface area (Å²) in [6.07, 6.45) is 1.11. The first-order chi connectivity index (χ1) is 9.51. The van der Waals surface area contributed by atoms with E-state index in [1.54, 1.807) is 7.11 Å². The first-order valence-electron chi connectivity index (χ1n) is 6.93. The molecule has 108 valence electrons. The highest BCUT2D eigenvalue weighted by atomic mass is 16.5. The van der Waals surface area contributed by atoms with E-state index in [1.807, 2.05) is 30.9 Å². The number of benzene rings is 1. The summed E-state index contributed by atoms with van der Waals surface area (Å²) in [7, 11) is 1.58. The third-order valence-corrected chi connectivity index (χ3v) is 3.90. The molecule has 4 heteroatoms. The molecule has 0 spiro atoms. The molecule has 0 aliphatic carbocycles. The number of carbonyl (C=O) groups excluding carboxylic acids is 2. The monoisotopic (exact) mass is 275 g/mol. The molecule has 0 aromatic heterocycles. The average Bonchev–Trinajstić information content (AvgIpc) is 2.43. The summed E-state index contributed by atoms with van der Waals surface area (Å²) >= 11 is 0. The first-order valence-corrected chi connectivity index (χ1v) is 6.93. The number of ketones is 2. The van der Waals surface area contributed by atoms with Crippen molar-refractivity contribution in [3.63, 3.8) is 0 Å². The van der Waals surface area contributed by atoms with Gasteiger partial charge in [-0.1, -0.05) is 0 Å². The van der Waals surface area contributed by atoms with E-state index in [4.69, 9.17) is 4.74 Å². The molecule has 0 N–H and O–H groups in total. The van der Waals surface area contributed by atoms with Gasteiger partial charge in [-0.3, -0.25) is 14.5 Å². The minimum Gasteiger partial charge on any atom is -0.496 e. The Hall–Kier alpha value is -1.68. The lowest BCUT2D eigenvalue weighted by Gasteiger charge is -2.25. The van der Waals surface area contributed by atoms with Crippen LogP contribution in [0.25, 0.3) is 0 Å². The van der Waals surface area contributed by atoms with Crippen molar-refractivity contribution in [2.75, 3.05) is 26.7 Å². The number of Topliss-reactive ketones (excluding diaryl/α,β-unsaturated/α-hetero) is 2. The summed E-state index contributed by atoms with van der Waals surface area (Å²) < 4.78 is 5.32. The Balaban J connectivity index is 2.12. The van der Waals surface area contributed by atoms with Crippen molar-refractivity contribution in [2.45, 2.75) is 26.7 Å². The summed E-state index contributed by atoms with van der Waals surface area (Å²) in [5.74, 6) is 0.975. The van der Waals surface area contributed by atoms with Gasteiger partial charge < -0.3 is 4.74 Å². The summed E-state index contributed by atoms with van der Waals surface area (Å²) in [6.45, 7) is 5.70. The van der Waals surface area contributed by atoms with E-state index in [0.29, 0.717) is 43.8 Å². The summed E-state index contributed by atoms with van der Waals surface area (Å²) in [5.41, 5.74) is 2.83.